The molecule has 1 aromatic carbocycles. The Morgan fingerprint density at radius 3 is 2.62 bits per heavy atom. The number of hydrogen-bond acceptors (Lipinski definition) is 7. The molecule has 188 valence electrons. The molecule has 0 radical (unpaired) electrons. The fourth-order valence-electron chi connectivity index (χ4n) is 5.06. The first kappa shape index (κ1) is 23.5. The summed E-state index contributed by atoms with van der Waals surface area (Å²) in [4.78, 5) is 27.9. The molecule has 1 saturated carbocycles. The van der Waals surface area contributed by atoms with Gasteiger partial charge in [-0.2, -0.15) is 5.10 Å². The topological polar surface area (TPSA) is 90.5 Å². The van der Waals surface area contributed by atoms with Gasteiger partial charge in [0.05, 0.1) is 10.3 Å². The van der Waals surface area contributed by atoms with Gasteiger partial charge in [-0.25, -0.2) is 15.0 Å². The number of nitrogens with one attached hydrogen (secondary N) is 1. The minimum Gasteiger partial charge on any atom is -0.367 e. The standard InChI is InChI=1S/C28H29N7OS/c1-17(2)35-13-11-21(33-35)24-22(19-7-5-4-6-8-19)23-25(30-20-10-9-18(15-20)16-36)31-26(32-28(23)37-24)27-29-12-14-34(27)3/h4-8,11-14,16-18,20H,9-10,15H2,1-3H3,(H,30,31,32)/t18-,20+/m0/s1. The molecule has 2 atom stereocenters. The Morgan fingerprint density at radius 1 is 1.11 bits per heavy atom. The fraction of sp³-hybridized carbons (Fsp3) is 0.321. The van der Waals surface area contributed by atoms with Crippen molar-refractivity contribution >= 4 is 33.7 Å². The van der Waals surface area contributed by atoms with E-state index in [4.69, 9.17) is 15.1 Å². The third kappa shape index (κ3) is 4.33. The molecule has 1 fully saturated rings. The lowest BCUT2D eigenvalue weighted by molar-refractivity contribution is -0.110. The van der Waals surface area contributed by atoms with Crippen LogP contribution >= 0.6 is 11.3 Å². The normalized spacial score (nSPS) is 17.6. The van der Waals surface area contributed by atoms with Crippen LogP contribution in [0.25, 0.3) is 43.6 Å². The Kier molecular flexibility index (Phi) is 6.08. The summed E-state index contributed by atoms with van der Waals surface area (Å²) in [6.45, 7) is 4.25. The van der Waals surface area contributed by atoms with Gasteiger partial charge in [0.1, 0.15) is 22.6 Å². The molecule has 9 heteroatoms. The van der Waals surface area contributed by atoms with Crippen molar-refractivity contribution < 1.29 is 4.79 Å². The first-order valence-corrected chi connectivity index (χ1v) is 13.5. The molecule has 6 rings (SSSR count). The zero-order chi connectivity index (χ0) is 25.5. The minimum atomic E-state index is 0.0930. The number of carbonyl (C=O) groups excluding carboxylic acids is 1. The van der Waals surface area contributed by atoms with Gasteiger partial charge < -0.3 is 14.7 Å². The number of imidazole rings is 1. The van der Waals surface area contributed by atoms with Gasteiger partial charge in [0.25, 0.3) is 0 Å². The van der Waals surface area contributed by atoms with Crippen LogP contribution in [0.15, 0.2) is 55.0 Å². The molecule has 8 nitrogen and oxygen atoms in total. The van der Waals surface area contributed by atoms with Crippen LogP contribution in [0, 0.1) is 5.92 Å². The Hall–Kier alpha value is -3.85. The molecule has 0 aliphatic heterocycles. The predicted octanol–water partition coefficient (Wildman–Crippen LogP) is 5.98. The highest BCUT2D eigenvalue weighted by Gasteiger charge is 2.28. The molecule has 5 aromatic rings. The van der Waals surface area contributed by atoms with E-state index in [2.05, 4.69) is 54.5 Å². The van der Waals surface area contributed by atoms with Gasteiger partial charge >= 0.3 is 0 Å². The summed E-state index contributed by atoms with van der Waals surface area (Å²) in [6.07, 6.45) is 9.41. The minimum absolute atomic E-state index is 0.0930. The molecule has 37 heavy (non-hydrogen) atoms. The molecule has 1 aliphatic carbocycles. The summed E-state index contributed by atoms with van der Waals surface area (Å²) in [5.74, 6) is 2.16. The Balaban J connectivity index is 1.60. The maximum absolute atomic E-state index is 11.4. The summed E-state index contributed by atoms with van der Waals surface area (Å²) >= 11 is 1.63. The predicted molar refractivity (Wildman–Crippen MR) is 147 cm³/mol. The van der Waals surface area contributed by atoms with Crippen LogP contribution in [-0.2, 0) is 11.8 Å². The van der Waals surface area contributed by atoms with Crippen LogP contribution in [0.3, 0.4) is 0 Å². The van der Waals surface area contributed by atoms with E-state index in [-0.39, 0.29) is 18.0 Å². The van der Waals surface area contributed by atoms with Crippen molar-refractivity contribution in [2.45, 2.75) is 45.2 Å². The van der Waals surface area contributed by atoms with Gasteiger partial charge in [0, 0.05) is 49.2 Å². The number of nitrogens with zero attached hydrogens (tertiary/aromatic N) is 6. The molecule has 0 saturated heterocycles. The van der Waals surface area contributed by atoms with Crippen LogP contribution in [0.4, 0.5) is 5.82 Å². The number of rotatable bonds is 7. The van der Waals surface area contributed by atoms with Gasteiger partial charge in [-0.05, 0) is 44.7 Å². The Morgan fingerprint density at radius 2 is 1.95 bits per heavy atom. The number of fused-ring (bicyclic) bond motifs is 1. The monoisotopic (exact) mass is 511 g/mol. The molecule has 4 aromatic heterocycles. The van der Waals surface area contributed by atoms with Crippen molar-refractivity contribution in [2.75, 3.05) is 5.32 Å². The van der Waals surface area contributed by atoms with E-state index in [0.29, 0.717) is 11.6 Å². The molecule has 1 N–H and O–H groups in total. The molecule has 0 bridgehead atoms. The number of thiophene rings is 1. The summed E-state index contributed by atoms with van der Waals surface area (Å²) in [5, 5.41) is 9.59. The molecule has 0 unspecified atom stereocenters. The molecule has 1 aliphatic rings. The molecule has 4 heterocycles. The number of carbonyl (C=O) groups is 1. The van der Waals surface area contributed by atoms with Crippen LogP contribution in [-0.4, -0.2) is 41.6 Å². The summed E-state index contributed by atoms with van der Waals surface area (Å²) < 4.78 is 3.91. The van der Waals surface area contributed by atoms with E-state index in [1.54, 1.807) is 17.5 Å². The average molecular weight is 512 g/mol. The number of anilines is 1. The highest BCUT2D eigenvalue weighted by Crippen LogP contribution is 2.47. The highest BCUT2D eigenvalue weighted by atomic mass is 32.1. The fourth-order valence-corrected chi connectivity index (χ4v) is 6.22. The van der Waals surface area contributed by atoms with Crippen LogP contribution in [0.1, 0.15) is 39.2 Å². The van der Waals surface area contributed by atoms with Gasteiger partial charge in [-0.1, -0.05) is 30.3 Å². The molecule has 0 spiro atoms. The second-order valence-corrected chi connectivity index (χ2v) is 10.9. The summed E-state index contributed by atoms with van der Waals surface area (Å²) in [5.41, 5.74) is 3.09. The number of hydrogen-bond donors (Lipinski definition) is 1. The zero-order valence-corrected chi connectivity index (χ0v) is 21.9. The van der Waals surface area contributed by atoms with Crippen LogP contribution in [0.5, 0.6) is 0 Å². The molecule has 0 amide bonds. The lowest BCUT2D eigenvalue weighted by Gasteiger charge is -2.16. The number of aromatic nitrogens is 6. The third-order valence-corrected chi connectivity index (χ3v) is 8.12. The highest BCUT2D eigenvalue weighted by molar-refractivity contribution is 7.22. The lowest BCUT2D eigenvalue weighted by atomic mass is 10.0. The first-order valence-electron chi connectivity index (χ1n) is 12.7. The largest absolute Gasteiger partial charge is 0.367 e. The van der Waals surface area contributed by atoms with Crippen molar-refractivity contribution in [1.82, 2.24) is 29.3 Å². The van der Waals surface area contributed by atoms with Crippen molar-refractivity contribution in [3.05, 3.63) is 55.0 Å². The number of benzene rings is 1. The van der Waals surface area contributed by atoms with E-state index in [0.717, 1.165) is 63.3 Å². The van der Waals surface area contributed by atoms with Gasteiger partial charge in [0.2, 0.25) is 0 Å². The van der Waals surface area contributed by atoms with Crippen molar-refractivity contribution in [3.8, 4) is 33.3 Å². The average Bonchev–Trinajstić information content (AvgIpc) is 3.69. The van der Waals surface area contributed by atoms with Gasteiger partial charge in [-0.3, -0.25) is 4.68 Å². The number of aryl methyl sites for hydroxylation is 1. The van der Waals surface area contributed by atoms with E-state index >= 15 is 0 Å². The smallest absolute Gasteiger partial charge is 0.199 e. The van der Waals surface area contributed by atoms with Gasteiger partial charge in [0.15, 0.2) is 11.6 Å². The summed E-state index contributed by atoms with van der Waals surface area (Å²) in [6, 6.07) is 12.9. The van der Waals surface area contributed by atoms with Crippen molar-refractivity contribution in [3.63, 3.8) is 0 Å². The van der Waals surface area contributed by atoms with E-state index < -0.39 is 0 Å². The SMILES string of the molecule is CC(C)n1ccc(-c2sc3nc(-c4nccn4C)nc(N[C@@H]4CC[C@H](C=O)C4)c3c2-c2ccccc2)n1. The maximum atomic E-state index is 11.4. The van der Waals surface area contributed by atoms with E-state index in [1.165, 1.54) is 0 Å². The first-order chi connectivity index (χ1) is 18.0. The third-order valence-electron chi connectivity index (χ3n) is 7.01. The second-order valence-electron chi connectivity index (χ2n) is 9.94. The zero-order valence-electron chi connectivity index (χ0n) is 21.1. The maximum Gasteiger partial charge on any atom is 0.199 e. The van der Waals surface area contributed by atoms with Crippen LogP contribution in [0.2, 0.25) is 0 Å². The molecular formula is C28H29N7OS. The van der Waals surface area contributed by atoms with E-state index in [9.17, 15) is 4.79 Å². The Bertz CT molecular complexity index is 1570. The van der Waals surface area contributed by atoms with Crippen molar-refractivity contribution in [2.24, 2.45) is 13.0 Å². The van der Waals surface area contributed by atoms with Crippen molar-refractivity contribution in [1.29, 1.82) is 0 Å². The summed E-state index contributed by atoms with van der Waals surface area (Å²) in [7, 11) is 1.95. The quantitative estimate of drug-likeness (QED) is 0.270. The van der Waals surface area contributed by atoms with Crippen LogP contribution < -0.4 is 5.32 Å². The molecular weight excluding hydrogens is 482 g/mol. The Labute approximate surface area is 219 Å². The second kappa shape index (κ2) is 9.55. The van der Waals surface area contributed by atoms with E-state index in [1.807, 2.05) is 34.8 Å². The van der Waals surface area contributed by atoms with Gasteiger partial charge in [-0.15, -0.1) is 11.3 Å². The number of aldehydes is 1. The lowest BCUT2D eigenvalue weighted by Crippen LogP contribution is -2.17.